The molecular formula is C29H33Cl2F2N5O5. The number of methoxy groups -OCH3 is 1. The summed E-state index contributed by atoms with van der Waals surface area (Å²) in [6, 6.07) is 14.0. The van der Waals surface area contributed by atoms with Crippen LogP contribution in [0.15, 0.2) is 59.7 Å². The van der Waals surface area contributed by atoms with Crippen molar-refractivity contribution < 1.29 is 28.2 Å². The summed E-state index contributed by atoms with van der Waals surface area (Å²) in [6.07, 6.45) is 1.06. The molecule has 2 fully saturated rings. The number of halogens is 4. The van der Waals surface area contributed by atoms with Gasteiger partial charge in [-0.2, -0.15) is 0 Å². The van der Waals surface area contributed by atoms with Crippen molar-refractivity contribution in [3.63, 3.8) is 0 Å². The Morgan fingerprint density at radius 2 is 1.95 bits per heavy atom. The van der Waals surface area contributed by atoms with Gasteiger partial charge in [-0.25, -0.2) is 13.8 Å². The zero-order valence-electron chi connectivity index (χ0n) is 23.3. The van der Waals surface area contributed by atoms with Crippen LogP contribution >= 0.6 is 24.0 Å². The number of nitrogen functional groups attached to an aromatic ring is 1. The molecule has 5 rings (SSSR count). The lowest BCUT2D eigenvalue weighted by atomic mass is 9.79. The fourth-order valence-electron chi connectivity index (χ4n) is 5.58. The molecule has 0 unspecified atom stereocenters. The Hall–Kier alpha value is -3.45. The molecule has 2 saturated heterocycles. The molecule has 0 bridgehead atoms. The Labute approximate surface area is 258 Å². The smallest absolute Gasteiger partial charge is 0.295 e. The van der Waals surface area contributed by atoms with E-state index in [1.807, 2.05) is 30.3 Å². The van der Waals surface area contributed by atoms with Crippen molar-refractivity contribution >= 4 is 35.6 Å². The van der Waals surface area contributed by atoms with Gasteiger partial charge in [-0.3, -0.25) is 14.2 Å². The van der Waals surface area contributed by atoms with Crippen molar-refractivity contribution in [1.82, 2.24) is 19.8 Å². The minimum absolute atomic E-state index is 0. The van der Waals surface area contributed by atoms with Gasteiger partial charge in [0, 0.05) is 42.4 Å². The second-order valence-corrected chi connectivity index (χ2v) is 11.1. The van der Waals surface area contributed by atoms with Gasteiger partial charge in [0.2, 0.25) is 11.8 Å². The number of ether oxygens (including phenoxy) is 2. The standard InChI is InChI=1S/C29H32ClF2N5O5.ClH/c1-41-20-11-19(30)12-21(13-20)42-25-24(33)27(39)37(17-35-25)15-28(40)8-10-36(16-29(28,31)32)26(38)22-7-9-34-14-23(22)18-5-3-2-4-6-18;/h2-6,11-13,17,22-23,34,40H,7-10,14-16,33H2,1H3;1H/t22-,23+,28+;/m1./s1. The summed E-state index contributed by atoms with van der Waals surface area (Å²) in [7, 11) is 1.44. The predicted octanol–water partition coefficient (Wildman–Crippen LogP) is 3.69. The molecule has 3 heterocycles. The number of benzene rings is 2. The van der Waals surface area contributed by atoms with Gasteiger partial charge in [0.15, 0.2) is 5.69 Å². The summed E-state index contributed by atoms with van der Waals surface area (Å²) < 4.78 is 42.7. The lowest BCUT2D eigenvalue weighted by molar-refractivity contribution is -0.223. The molecule has 10 nitrogen and oxygen atoms in total. The van der Waals surface area contributed by atoms with Crippen LogP contribution in [0.3, 0.4) is 0 Å². The largest absolute Gasteiger partial charge is 0.497 e. The van der Waals surface area contributed by atoms with Gasteiger partial charge in [0.1, 0.15) is 23.4 Å². The third kappa shape index (κ3) is 6.72. The van der Waals surface area contributed by atoms with Crippen molar-refractivity contribution in [3.05, 3.63) is 75.8 Å². The number of nitrogens with one attached hydrogen (secondary N) is 1. The van der Waals surface area contributed by atoms with Gasteiger partial charge in [0.05, 0.1) is 20.2 Å². The molecule has 3 atom stereocenters. The molecule has 2 aliphatic heterocycles. The fraction of sp³-hybridized carbons (Fsp3) is 0.414. The normalized spacial score (nSPS) is 23.2. The fourth-order valence-corrected chi connectivity index (χ4v) is 5.80. The average Bonchev–Trinajstić information content (AvgIpc) is 2.98. The number of amides is 1. The van der Waals surface area contributed by atoms with Crippen molar-refractivity contribution in [1.29, 1.82) is 0 Å². The maximum Gasteiger partial charge on any atom is 0.295 e. The minimum Gasteiger partial charge on any atom is -0.497 e. The molecule has 2 aliphatic rings. The number of alkyl halides is 2. The predicted molar refractivity (Wildman–Crippen MR) is 159 cm³/mol. The Kier molecular flexibility index (Phi) is 9.85. The zero-order chi connectivity index (χ0) is 30.1. The molecule has 1 aromatic heterocycles. The van der Waals surface area contributed by atoms with E-state index in [4.69, 9.17) is 26.8 Å². The van der Waals surface area contributed by atoms with E-state index in [9.17, 15) is 14.7 Å². The van der Waals surface area contributed by atoms with Crippen LogP contribution in [0.4, 0.5) is 14.5 Å². The highest BCUT2D eigenvalue weighted by molar-refractivity contribution is 6.30. The average molecular weight is 641 g/mol. The van der Waals surface area contributed by atoms with Crippen LogP contribution in [0.25, 0.3) is 0 Å². The van der Waals surface area contributed by atoms with E-state index in [2.05, 4.69) is 10.3 Å². The van der Waals surface area contributed by atoms with Crippen molar-refractivity contribution in [2.45, 2.75) is 36.8 Å². The second kappa shape index (κ2) is 13.0. The first kappa shape index (κ1) is 32.5. The first-order valence-electron chi connectivity index (χ1n) is 13.5. The third-order valence-corrected chi connectivity index (χ3v) is 8.19. The number of aliphatic hydroxyl groups is 1. The number of hydrogen-bond donors (Lipinski definition) is 3. The van der Waals surface area contributed by atoms with Gasteiger partial charge in [-0.15, -0.1) is 12.4 Å². The molecule has 1 amide bonds. The van der Waals surface area contributed by atoms with Crippen LogP contribution < -0.4 is 26.1 Å². The summed E-state index contributed by atoms with van der Waals surface area (Å²) in [5.74, 6) is -4.35. The van der Waals surface area contributed by atoms with Crippen LogP contribution in [0.5, 0.6) is 17.4 Å². The highest BCUT2D eigenvalue weighted by atomic mass is 35.5. The number of nitrogens with two attached hydrogens (primary N) is 1. The number of anilines is 1. The Balaban J connectivity index is 0.00000423. The van der Waals surface area contributed by atoms with Gasteiger partial charge >= 0.3 is 0 Å². The first-order chi connectivity index (χ1) is 20.0. The number of likely N-dealkylation sites (tertiary alicyclic amines) is 1. The van der Waals surface area contributed by atoms with Gasteiger partial charge in [-0.1, -0.05) is 41.9 Å². The molecule has 232 valence electrons. The lowest BCUT2D eigenvalue weighted by Crippen LogP contribution is -2.64. The summed E-state index contributed by atoms with van der Waals surface area (Å²) in [5.41, 5.74) is 3.00. The van der Waals surface area contributed by atoms with Crippen molar-refractivity contribution in [2.24, 2.45) is 5.92 Å². The lowest BCUT2D eigenvalue weighted by Gasteiger charge is -2.46. The highest BCUT2D eigenvalue weighted by Gasteiger charge is 2.57. The van der Waals surface area contributed by atoms with E-state index in [0.29, 0.717) is 30.3 Å². The topological polar surface area (TPSA) is 132 Å². The number of carbonyl (C=O) groups excluding carboxylic acids is 1. The van der Waals surface area contributed by atoms with Crippen LogP contribution in [0.1, 0.15) is 24.3 Å². The Bertz CT molecular complexity index is 1510. The summed E-state index contributed by atoms with van der Waals surface area (Å²) >= 11 is 6.05. The quantitative estimate of drug-likeness (QED) is 0.357. The molecule has 0 aliphatic carbocycles. The van der Waals surface area contributed by atoms with Gasteiger partial charge in [0.25, 0.3) is 11.5 Å². The van der Waals surface area contributed by atoms with E-state index in [1.54, 1.807) is 6.07 Å². The number of hydrogen-bond acceptors (Lipinski definition) is 8. The van der Waals surface area contributed by atoms with Crippen molar-refractivity contribution in [2.75, 3.05) is 39.0 Å². The molecule has 2 aromatic carbocycles. The summed E-state index contributed by atoms with van der Waals surface area (Å²) in [5, 5.41) is 14.7. The first-order valence-corrected chi connectivity index (χ1v) is 13.9. The summed E-state index contributed by atoms with van der Waals surface area (Å²) in [6.45, 7) is -0.662. The third-order valence-electron chi connectivity index (χ3n) is 7.97. The van der Waals surface area contributed by atoms with E-state index in [0.717, 1.165) is 21.4 Å². The van der Waals surface area contributed by atoms with E-state index in [1.165, 1.54) is 19.2 Å². The SMILES string of the molecule is COc1cc(Cl)cc(Oc2ncn(C[C@@]3(O)CCN(C(=O)[C@@H]4CCNC[C@H]4c4ccccc4)CC3(F)F)c(=O)c2N)c1.Cl. The second-order valence-electron chi connectivity index (χ2n) is 10.7. The van der Waals surface area contributed by atoms with E-state index in [-0.39, 0.29) is 42.4 Å². The Morgan fingerprint density at radius 3 is 2.65 bits per heavy atom. The van der Waals surface area contributed by atoms with E-state index < -0.39 is 48.2 Å². The molecule has 3 aromatic rings. The number of carbonyl (C=O) groups is 1. The number of rotatable bonds is 7. The highest BCUT2D eigenvalue weighted by Crippen LogP contribution is 2.40. The molecule has 4 N–H and O–H groups in total. The molecule has 0 radical (unpaired) electrons. The molecule has 0 spiro atoms. The maximum atomic E-state index is 15.6. The summed E-state index contributed by atoms with van der Waals surface area (Å²) in [4.78, 5) is 31.6. The molecular weight excluding hydrogens is 607 g/mol. The minimum atomic E-state index is -3.71. The van der Waals surface area contributed by atoms with Crippen LogP contribution in [-0.4, -0.2) is 70.3 Å². The number of aromatic nitrogens is 2. The number of piperidine rings is 2. The molecule has 0 saturated carbocycles. The van der Waals surface area contributed by atoms with Crippen LogP contribution in [-0.2, 0) is 11.3 Å². The monoisotopic (exact) mass is 639 g/mol. The van der Waals surface area contributed by atoms with E-state index >= 15 is 8.78 Å². The molecule has 43 heavy (non-hydrogen) atoms. The maximum absolute atomic E-state index is 15.6. The Morgan fingerprint density at radius 1 is 1.23 bits per heavy atom. The number of nitrogens with zero attached hydrogens (tertiary/aromatic N) is 3. The molecule has 14 heteroatoms. The zero-order valence-corrected chi connectivity index (χ0v) is 24.9. The van der Waals surface area contributed by atoms with Crippen LogP contribution in [0.2, 0.25) is 5.02 Å². The van der Waals surface area contributed by atoms with Crippen molar-refractivity contribution in [3.8, 4) is 17.4 Å². The van der Waals surface area contributed by atoms with Gasteiger partial charge in [-0.05, 0) is 30.7 Å². The van der Waals surface area contributed by atoms with Gasteiger partial charge < -0.3 is 30.5 Å². The van der Waals surface area contributed by atoms with Crippen LogP contribution in [0, 0.1) is 5.92 Å².